The lowest BCUT2D eigenvalue weighted by Gasteiger charge is -2.16. The van der Waals surface area contributed by atoms with Crippen LogP contribution in [-0.2, 0) is 17.8 Å². The largest absolute Gasteiger partial charge is 0.376 e. The van der Waals surface area contributed by atoms with Crippen LogP contribution in [0, 0.1) is 0 Å². The van der Waals surface area contributed by atoms with E-state index in [1.54, 1.807) is 0 Å². The molecule has 2 N–H and O–H groups in total. The third kappa shape index (κ3) is 2.29. The van der Waals surface area contributed by atoms with Gasteiger partial charge in [0.25, 0.3) is 5.56 Å². The predicted octanol–water partition coefficient (Wildman–Crippen LogP) is 1.64. The van der Waals surface area contributed by atoms with E-state index in [4.69, 9.17) is 10.5 Å². The molecule has 0 spiro atoms. The van der Waals surface area contributed by atoms with Gasteiger partial charge in [0.15, 0.2) is 0 Å². The van der Waals surface area contributed by atoms with Crippen molar-refractivity contribution in [1.82, 2.24) is 4.57 Å². The van der Waals surface area contributed by atoms with Crippen LogP contribution in [0.1, 0.15) is 18.4 Å². The molecule has 19 heavy (non-hydrogen) atoms. The highest BCUT2D eigenvalue weighted by atomic mass is 16.5. The van der Waals surface area contributed by atoms with Gasteiger partial charge >= 0.3 is 0 Å². The number of benzene rings is 1. The highest BCUT2D eigenvalue weighted by molar-refractivity contribution is 5.79. The standard InChI is InChI=1S/C15H18N2O2/c16-9-12-8-11-4-1-2-6-14(11)17(15(12)18)10-13-5-3-7-19-13/h1-2,4,6,8,13H,3,5,7,9-10,16H2. The quantitative estimate of drug-likeness (QED) is 0.910. The molecule has 1 atom stereocenters. The number of para-hydroxylation sites is 1. The number of rotatable bonds is 3. The van der Waals surface area contributed by atoms with Gasteiger partial charge in [-0.05, 0) is 30.4 Å². The normalized spacial score (nSPS) is 19.1. The molecule has 0 bridgehead atoms. The summed E-state index contributed by atoms with van der Waals surface area (Å²) in [4.78, 5) is 12.4. The molecule has 3 rings (SSSR count). The van der Waals surface area contributed by atoms with E-state index in [2.05, 4.69) is 0 Å². The fourth-order valence-corrected chi connectivity index (χ4v) is 2.71. The Balaban J connectivity index is 2.13. The molecule has 0 amide bonds. The van der Waals surface area contributed by atoms with Crippen molar-refractivity contribution < 1.29 is 4.74 Å². The minimum absolute atomic E-state index is 0.0108. The molecule has 1 aromatic heterocycles. The first-order valence-electron chi connectivity index (χ1n) is 6.72. The second-order valence-corrected chi connectivity index (χ2v) is 4.98. The fraction of sp³-hybridized carbons (Fsp3) is 0.400. The Morgan fingerprint density at radius 1 is 1.37 bits per heavy atom. The second kappa shape index (κ2) is 5.15. The average Bonchev–Trinajstić information content (AvgIpc) is 2.94. The first-order valence-corrected chi connectivity index (χ1v) is 6.72. The van der Waals surface area contributed by atoms with Gasteiger partial charge in [-0.15, -0.1) is 0 Å². The minimum atomic E-state index is 0.0108. The van der Waals surface area contributed by atoms with Crippen LogP contribution in [0.15, 0.2) is 35.1 Å². The Kier molecular flexibility index (Phi) is 3.36. The Bertz CT molecular complexity index is 642. The van der Waals surface area contributed by atoms with E-state index in [0.29, 0.717) is 12.1 Å². The zero-order chi connectivity index (χ0) is 13.2. The average molecular weight is 258 g/mol. The summed E-state index contributed by atoms with van der Waals surface area (Å²) in [6, 6.07) is 9.81. The van der Waals surface area contributed by atoms with Crippen molar-refractivity contribution >= 4 is 10.9 Å². The van der Waals surface area contributed by atoms with Crippen molar-refractivity contribution in [3.63, 3.8) is 0 Å². The maximum absolute atomic E-state index is 12.4. The van der Waals surface area contributed by atoms with Crippen LogP contribution in [0.2, 0.25) is 0 Å². The Morgan fingerprint density at radius 2 is 2.21 bits per heavy atom. The zero-order valence-corrected chi connectivity index (χ0v) is 10.8. The number of ether oxygens (including phenoxy) is 1. The molecule has 1 unspecified atom stereocenters. The Morgan fingerprint density at radius 3 is 2.95 bits per heavy atom. The third-order valence-corrected chi connectivity index (χ3v) is 3.71. The lowest BCUT2D eigenvalue weighted by molar-refractivity contribution is 0.0971. The van der Waals surface area contributed by atoms with Crippen molar-refractivity contribution in [3.8, 4) is 0 Å². The number of fused-ring (bicyclic) bond motifs is 1. The van der Waals surface area contributed by atoms with Crippen LogP contribution in [0.25, 0.3) is 10.9 Å². The predicted molar refractivity (Wildman–Crippen MR) is 75.1 cm³/mol. The molecule has 1 fully saturated rings. The van der Waals surface area contributed by atoms with Crippen LogP contribution in [0.3, 0.4) is 0 Å². The van der Waals surface area contributed by atoms with E-state index in [-0.39, 0.29) is 18.2 Å². The first kappa shape index (κ1) is 12.4. The molecule has 4 heteroatoms. The molecular weight excluding hydrogens is 240 g/mol. The molecule has 1 aliphatic heterocycles. The van der Waals surface area contributed by atoms with Crippen molar-refractivity contribution in [1.29, 1.82) is 0 Å². The zero-order valence-electron chi connectivity index (χ0n) is 10.8. The van der Waals surface area contributed by atoms with Gasteiger partial charge < -0.3 is 15.0 Å². The van der Waals surface area contributed by atoms with E-state index in [1.807, 2.05) is 34.9 Å². The van der Waals surface area contributed by atoms with Crippen LogP contribution in [0.4, 0.5) is 0 Å². The van der Waals surface area contributed by atoms with E-state index >= 15 is 0 Å². The van der Waals surface area contributed by atoms with E-state index in [1.165, 1.54) is 0 Å². The van der Waals surface area contributed by atoms with Gasteiger partial charge in [-0.25, -0.2) is 0 Å². The summed E-state index contributed by atoms with van der Waals surface area (Å²) >= 11 is 0. The van der Waals surface area contributed by atoms with Gasteiger partial charge in [0.05, 0.1) is 18.2 Å². The van der Waals surface area contributed by atoms with E-state index in [9.17, 15) is 4.79 Å². The Labute approximate surface area is 111 Å². The molecule has 1 saturated heterocycles. The molecule has 100 valence electrons. The number of nitrogens with two attached hydrogens (primary N) is 1. The van der Waals surface area contributed by atoms with Gasteiger partial charge in [-0.1, -0.05) is 18.2 Å². The number of nitrogens with zero attached hydrogens (tertiary/aromatic N) is 1. The van der Waals surface area contributed by atoms with Gasteiger partial charge in [-0.3, -0.25) is 4.79 Å². The molecule has 2 aromatic rings. The van der Waals surface area contributed by atoms with Crippen LogP contribution in [0.5, 0.6) is 0 Å². The summed E-state index contributed by atoms with van der Waals surface area (Å²) in [5.74, 6) is 0. The van der Waals surface area contributed by atoms with Crippen molar-refractivity contribution in [2.75, 3.05) is 6.61 Å². The molecule has 1 aliphatic rings. The number of pyridine rings is 1. The number of aromatic nitrogens is 1. The van der Waals surface area contributed by atoms with Gasteiger partial charge in [0, 0.05) is 18.7 Å². The number of hydrogen-bond donors (Lipinski definition) is 1. The minimum Gasteiger partial charge on any atom is -0.376 e. The molecule has 0 aliphatic carbocycles. The molecule has 2 heterocycles. The molecule has 0 saturated carbocycles. The van der Waals surface area contributed by atoms with E-state index < -0.39 is 0 Å². The van der Waals surface area contributed by atoms with Gasteiger partial charge in [0.2, 0.25) is 0 Å². The van der Waals surface area contributed by atoms with E-state index in [0.717, 1.165) is 30.4 Å². The topological polar surface area (TPSA) is 57.2 Å². The maximum atomic E-state index is 12.4. The van der Waals surface area contributed by atoms with Crippen molar-refractivity contribution in [2.24, 2.45) is 5.73 Å². The van der Waals surface area contributed by atoms with Crippen molar-refractivity contribution in [3.05, 3.63) is 46.2 Å². The lowest BCUT2D eigenvalue weighted by atomic mass is 10.1. The van der Waals surface area contributed by atoms with Crippen LogP contribution in [-0.4, -0.2) is 17.3 Å². The molecule has 4 nitrogen and oxygen atoms in total. The monoisotopic (exact) mass is 258 g/mol. The molecular formula is C15H18N2O2. The number of hydrogen-bond acceptors (Lipinski definition) is 3. The third-order valence-electron chi connectivity index (χ3n) is 3.71. The first-order chi connectivity index (χ1) is 9.29. The second-order valence-electron chi connectivity index (χ2n) is 4.98. The van der Waals surface area contributed by atoms with Gasteiger partial charge in [0.1, 0.15) is 0 Å². The maximum Gasteiger partial charge on any atom is 0.255 e. The summed E-state index contributed by atoms with van der Waals surface area (Å²) in [6.45, 7) is 1.69. The smallest absolute Gasteiger partial charge is 0.255 e. The van der Waals surface area contributed by atoms with Gasteiger partial charge in [-0.2, -0.15) is 0 Å². The van der Waals surface area contributed by atoms with Crippen molar-refractivity contribution in [2.45, 2.75) is 32.0 Å². The Hall–Kier alpha value is -1.65. The summed E-state index contributed by atoms with van der Waals surface area (Å²) in [5.41, 5.74) is 7.31. The molecule has 0 radical (unpaired) electrons. The summed E-state index contributed by atoms with van der Waals surface area (Å²) < 4.78 is 7.46. The highest BCUT2D eigenvalue weighted by Crippen LogP contribution is 2.18. The van der Waals surface area contributed by atoms with Crippen LogP contribution >= 0.6 is 0 Å². The summed E-state index contributed by atoms with van der Waals surface area (Å²) in [5, 5.41) is 1.06. The SMILES string of the molecule is NCc1cc2ccccc2n(CC2CCCO2)c1=O. The highest BCUT2D eigenvalue weighted by Gasteiger charge is 2.18. The molecule has 1 aromatic carbocycles. The van der Waals surface area contributed by atoms with Crippen LogP contribution < -0.4 is 11.3 Å². The summed E-state index contributed by atoms with van der Waals surface area (Å²) in [7, 11) is 0. The lowest BCUT2D eigenvalue weighted by Crippen LogP contribution is -2.30. The fourth-order valence-electron chi connectivity index (χ4n) is 2.71. The summed E-state index contributed by atoms with van der Waals surface area (Å²) in [6.07, 6.45) is 2.25.